The third kappa shape index (κ3) is 4.17. The molecule has 6 heteroatoms. The number of carbonyl (C=O) groups excluding carboxylic acids is 1. The summed E-state index contributed by atoms with van der Waals surface area (Å²) in [5.74, 6) is 0.0916. The Morgan fingerprint density at radius 3 is 2.75 bits per heavy atom. The van der Waals surface area contributed by atoms with Crippen LogP contribution in [0.4, 0.5) is 0 Å². The minimum Gasteiger partial charge on any atom is -0.335 e. The molecule has 2 N–H and O–H groups in total. The molecule has 0 saturated heterocycles. The van der Waals surface area contributed by atoms with E-state index in [1.807, 2.05) is 10.3 Å². The molecule has 0 aliphatic heterocycles. The van der Waals surface area contributed by atoms with Crippen molar-refractivity contribution in [3.8, 4) is 0 Å². The van der Waals surface area contributed by atoms with E-state index >= 15 is 0 Å². The number of hydrogen-bond donors (Lipinski definition) is 1. The molecule has 0 bridgehead atoms. The topological polar surface area (TPSA) is 59.2 Å². The molecule has 1 heterocycles. The summed E-state index contributed by atoms with van der Waals surface area (Å²) in [6, 6.07) is 0.408. The fourth-order valence-electron chi connectivity index (χ4n) is 2.75. The van der Waals surface area contributed by atoms with Crippen molar-refractivity contribution in [2.75, 3.05) is 13.1 Å². The molecule has 0 radical (unpaired) electrons. The van der Waals surface area contributed by atoms with Crippen LogP contribution in [0.1, 0.15) is 54.5 Å². The molecule has 1 aliphatic rings. The Morgan fingerprint density at radius 1 is 1.45 bits per heavy atom. The average molecular weight is 318 g/mol. The van der Waals surface area contributed by atoms with Gasteiger partial charge in [-0.05, 0) is 26.3 Å². The van der Waals surface area contributed by atoms with Gasteiger partial charge < -0.3 is 10.6 Å². The minimum atomic E-state index is 0. The monoisotopic (exact) mass is 317 g/mol. The van der Waals surface area contributed by atoms with Crippen molar-refractivity contribution in [3.05, 3.63) is 16.1 Å². The van der Waals surface area contributed by atoms with E-state index in [1.54, 1.807) is 0 Å². The summed E-state index contributed by atoms with van der Waals surface area (Å²) in [4.78, 5) is 18.9. The van der Waals surface area contributed by atoms with Gasteiger partial charge in [-0.25, -0.2) is 4.98 Å². The van der Waals surface area contributed by atoms with Crippen LogP contribution in [0.2, 0.25) is 0 Å². The van der Waals surface area contributed by atoms with Gasteiger partial charge in [0.15, 0.2) is 0 Å². The van der Waals surface area contributed by atoms with Crippen molar-refractivity contribution in [3.63, 3.8) is 0 Å². The summed E-state index contributed by atoms with van der Waals surface area (Å²) in [6.45, 7) is 3.41. The summed E-state index contributed by atoms with van der Waals surface area (Å²) in [7, 11) is 0. The predicted molar refractivity (Wildman–Crippen MR) is 85.7 cm³/mol. The Bertz CT molecular complexity index is 418. The number of nitrogens with zero attached hydrogens (tertiary/aromatic N) is 2. The Kier molecular flexibility index (Phi) is 7.48. The van der Waals surface area contributed by atoms with E-state index in [0.717, 1.165) is 30.8 Å². The number of thiazole rings is 1. The molecule has 20 heavy (non-hydrogen) atoms. The predicted octanol–water partition coefficient (Wildman–Crippen LogP) is 2.86. The third-order valence-electron chi connectivity index (χ3n) is 3.75. The Morgan fingerprint density at radius 2 is 2.15 bits per heavy atom. The molecule has 0 aromatic carbocycles. The zero-order valence-corrected chi connectivity index (χ0v) is 13.6. The maximum absolute atomic E-state index is 12.5. The van der Waals surface area contributed by atoms with Crippen LogP contribution in [0, 0.1) is 0 Å². The molecule has 4 nitrogen and oxygen atoms in total. The van der Waals surface area contributed by atoms with Crippen LogP contribution in [-0.4, -0.2) is 34.9 Å². The fourth-order valence-corrected chi connectivity index (χ4v) is 3.54. The number of halogens is 1. The fraction of sp³-hybridized carbons (Fsp3) is 0.714. The highest BCUT2D eigenvalue weighted by molar-refractivity contribution is 7.09. The molecule has 1 fully saturated rings. The van der Waals surface area contributed by atoms with Gasteiger partial charge >= 0.3 is 0 Å². The normalized spacial score (nSPS) is 15.7. The highest BCUT2D eigenvalue weighted by Crippen LogP contribution is 2.24. The van der Waals surface area contributed by atoms with Crippen molar-refractivity contribution < 1.29 is 4.79 Å². The lowest BCUT2D eigenvalue weighted by atomic mass is 9.94. The zero-order chi connectivity index (χ0) is 13.7. The summed E-state index contributed by atoms with van der Waals surface area (Å²) in [5.41, 5.74) is 6.12. The van der Waals surface area contributed by atoms with Gasteiger partial charge in [0.2, 0.25) is 0 Å². The second-order valence-corrected chi connectivity index (χ2v) is 5.99. The Balaban J connectivity index is 0.00000200. The molecule has 1 aromatic rings. The van der Waals surface area contributed by atoms with Crippen LogP contribution in [-0.2, 0) is 6.42 Å². The van der Waals surface area contributed by atoms with Gasteiger partial charge in [-0.1, -0.05) is 19.3 Å². The smallest absolute Gasteiger partial charge is 0.273 e. The van der Waals surface area contributed by atoms with E-state index in [4.69, 9.17) is 5.73 Å². The number of hydrogen-bond acceptors (Lipinski definition) is 4. The standard InChI is InChI=1S/C14H23N3OS.ClH/c1-2-17(11-6-4-3-5-7-11)14(18)12-10-19-13(16-12)8-9-15;/h10-11H,2-9,15H2,1H3;1H. The molecule has 0 atom stereocenters. The van der Waals surface area contributed by atoms with E-state index in [-0.39, 0.29) is 18.3 Å². The second-order valence-electron chi connectivity index (χ2n) is 5.05. The summed E-state index contributed by atoms with van der Waals surface area (Å²) >= 11 is 1.54. The molecule has 1 aromatic heterocycles. The van der Waals surface area contributed by atoms with Gasteiger partial charge in [-0.3, -0.25) is 4.79 Å². The number of carbonyl (C=O) groups is 1. The lowest BCUT2D eigenvalue weighted by Crippen LogP contribution is -2.41. The van der Waals surface area contributed by atoms with Crippen LogP contribution < -0.4 is 5.73 Å². The van der Waals surface area contributed by atoms with Crippen molar-refractivity contribution in [1.29, 1.82) is 0 Å². The first kappa shape index (κ1) is 17.4. The van der Waals surface area contributed by atoms with Crippen molar-refractivity contribution >= 4 is 29.7 Å². The number of aromatic nitrogens is 1. The Labute approximate surface area is 131 Å². The van der Waals surface area contributed by atoms with Crippen molar-refractivity contribution in [2.24, 2.45) is 5.73 Å². The average Bonchev–Trinajstić information content (AvgIpc) is 2.90. The molecular weight excluding hydrogens is 294 g/mol. The van der Waals surface area contributed by atoms with Gasteiger partial charge in [0.1, 0.15) is 5.69 Å². The third-order valence-corrected chi connectivity index (χ3v) is 4.65. The van der Waals surface area contributed by atoms with Crippen molar-refractivity contribution in [1.82, 2.24) is 9.88 Å². The summed E-state index contributed by atoms with van der Waals surface area (Å²) in [5, 5.41) is 2.84. The van der Waals surface area contributed by atoms with E-state index in [1.165, 1.54) is 30.6 Å². The number of nitrogens with two attached hydrogens (primary N) is 1. The molecular formula is C14H24ClN3OS. The van der Waals surface area contributed by atoms with Crippen LogP contribution in [0.25, 0.3) is 0 Å². The van der Waals surface area contributed by atoms with Crippen LogP contribution in [0.5, 0.6) is 0 Å². The maximum Gasteiger partial charge on any atom is 0.273 e. The van der Waals surface area contributed by atoms with Gasteiger partial charge in [0, 0.05) is 24.4 Å². The van der Waals surface area contributed by atoms with E-state index in [9.17, 15) is 4.79 Å². The van der Waals surface area contributed by atoms with E-state index in [2.05, 4.69) is 11.9 Å². The first-order valence-corrected chi connectivity index (χ1v) is 8.09. The number of rotatable bonds is 5. The summed E-state index contributed by atoms with van der Waals surface area (Å²) < 4.78 is 0. The summed E-state index contributed by atoms with van der Waals surface area (Å²) in [6.07, 6.45) is 6.82. The van der Waals surface area contributed by atoms with Gasteiger partial charge in [-0.2, -0.15) is 0 Å². The molecule has 114 valence electrons. The molecule has 1 amide bonds. The molecule has 0 spiro atoms. The zero-order valence-electron chi connectivity index (χ0n) is 12.0. The number of amides is 1. The highest BCUT2D eigenvalue weighted by Gasteiger charge is 2.26. The first-order chi connectivity index (χ1) is 9.26. The largest absolute Gasteiger partial charge is 0.335 e. The van der Waals surface area contributed by atoms with Gasteiger partial charge in [-0.15, -0.1) is 23.7 Å². The van der Waals surface area contributed by atoms with Gasteiger partial charge in [0.25, 0.3) is 5.91 Å². The Hall–Kier alpha value is -0.650. The lowest BCUT2D eigenvalue weighted by Gasteiger charge is -2.33. The quantitative estimate of drug-likeness (QED) is 0.908. The molecule has 1 saturated carbocycles. The van der Waals surface area contributed by atoms with Crippen LogP contribution in [0.15, 0.2) is 5.38 Å². The van der Waals surface area contributed by atoms with Gasteiger partial charge in [0.05, 0.1) is 5.01 Å². The SMILES string of the molecule is CCN(C(=O)c1csc(CCN)n1)C1CCCCC1.Cl. The molecule has 1 aliphatic carbocycles. The minimum absolute atomic E-state index is 0. The first-order valence-electron chi connectivity index (χ1n) is 7.21. The second kappa shape index (κ2) is 8.60. The lowest BCUT2D eigenvalue weighted by molar-refractivity contribution is 0.0642. The maximum atomic E-state index is 12.5. The van der Waals surface area contributed by atoms with E-state index in [0.29, 0.717) is 18.3 Å². The van der Waals surface area contributed by atoms with Crippen LogP contribution in [0.3, 0.4) is 0 Å². The van der Waals surface area contributed by atoms with Crippen LogP contribution >= 0.6 is 23.7 Å². The molecule has 2 rings (SSSR count). The van der Waals surface area contributed by atoms with Crippen molar-refractivity contribution in [2.45, 2.75) is 51.5 Å². The highest BCUT2D eigenvalue weighted by atomic mass is 35.5. The van der Waals surface area contributed by atoms with E-state index < -0.39 is 0 Å². The molecule has 0 unspecified atom stereocenters.